The molecule has 0 N–H and O–H groups in total. The summed E-state index contributed by atoms with van der Waals surface area (Å²) >= 11 is 3.53. The standard InChI is InChI=1S/C18H14S.C4HF9O3S/c19-16-12-10-15(11-13-16)18-9-5-4-8-17(18)14-6-2-1-3-7-14;5-1(6,3(9,10)11)2(7,8)4(12,13)17(14,15)16/h1-13,19H;(H,14,15,16). The van der Waals surface area contributed by atoms with Crippen molar-refractivity contribution in [3.05, 3.63) is 78.9 Å². The van der Waals surface area contributed by atoms with Gasteiger partial charge in [-0.05, 0) is 59.1 Å². The van der Waals surface area contributed by atoms with E-state index in [-0.39, 0.29) is 0 Å². The summed E-state index contributed by atoms with van der Waals surface area (Å²) in [5, 5.41) is -7.11. The molecule has 0 aliphatic rings. The number of hydrogen-bond acceptors (Lipinski definition) is 3. The quantitative estimate of drug-likeness (QED) is 0.207. The van der Waals surface area contributed by atoms with Crippen LogP contribution in [-0.4, -0.2) is 36.2 Å². The molecule has 0 aliphatic carbocycles. The van der Waals surface area contributed by atoms with Gasteiger partial charge in [0.1, 0.15) is 4.90 Å². The monoisotopic (exact) mass is 562 g/mol. The predicted octanol–water partition coefficient (Wildman–Crippen LogP) is 6.35. The second kappa shape index (κ2) is 10.3. The van der Waals surface area contributed by atoms with Gasteiger partial charge in [0.2, 0.25) is 0 Å². The molecule has 36 heavy (non-hydrogen) atoms. The van der Waals surface area contributed by atoms with Crippen molar-refractivity contribution in [3.63, 3.8) is 0 Å². The normalized spacial score (nSPS) is 13.1. The Morgan fingerprint density at radius 2 is 0.972 bits per heavy atom. The lowest BCUT2D eigenvalue weighted by atomic mass is 9.95. The highest BCUT2D eigenvalue weighted by molar-refractivity contribution is 7.86. The maximum Gasteiger partial charge on any atom is 0.460 e. The molecule has 0 bridgehead atoms. The van der Waals surface area contributed by atoms with Crippen LogP contribution in [0.1, 0.15) is 0 Å². The van der Waals surface area contributed by atoms with Crippen LogP contribution in [0.2, 0.25) is 0 Å². The van der Waals surface area contributed by atoms with Gasteiger partial charge in [-0.15, -0.1) is 0 Å². The van der Waals surface area contributed by atoms with Crippen LogP contribution in [0.4, 0.5) is 39.5 Å². The maximum absolute atomic E-state index is 12.2. The van der Waals surface area contributed by atoms with E-state index in [0.717, 1.165) is 4.90 Å². The van der Waals surface area contributed by atoms with E-state index in [9.17, 15) is 52.5 Å². The maximum atomic E-state index is 12.2. The Morgan fingerprint density at radius 1 is 0.583 bits per heavy atom. The molecule has 3 aromatic rings. The van der Waals surface area contributed by atoms with E-state index in [0.29, 0.717) is 0 Å². The third-order valence-electron chi connectivity index (χ3n) is 4.64. The summed E-state index contributed by atoms with van der Waals surface area (Å²) in [5.41, 5.74) is 5.02. The molecule has 0 atom stereocenters. The van der Waals surface area contributed by atoms with E-state index in [1.165, 1.54) is 22.3 Å². The van der Waals surface area contributed by atoms with Gasteiger partial charge in [0.15, 0.2) is 10.1 Å². The zero-order valence-corrected chi connectivity index (χ0v) is 19.4. The fourth-order valence-electron chi connectivity index (χ4n) is 2.77. The second-order valence-electron chi connectivity index (χ2n) is 7.11. The van der Waals surface area contributed by atoms with Gasteiger partial charge in [0.05, 0.1) is 0 Å². The molecule has 0 spiro atoms. The van der Waals surface area contributed by atoms with Crippen LogP contribution in [0.3, 0.4) is 0 Å². The molecule has 196 valence electrons. The van der Waals surface area contributed by atoms with Crippen molar-refractivity contribution < 1.29 is 52.5 Å². The second-order valence-corrected chi connectivity index (χ2v) is 9.10. The fourth-order valence-corrected chi connectivity index (χ4v) is 3.38. The topological polar surface area (TPSA) is 57.2 Å². The van der Waals surface area contributed by atoms with Crippen molar-refractivity contribution in [2.75, 3.05) is 0 Å². The molecule has 0 saturated carbocycles. The van der Waals surface area contributed by atoms with Crippen molar-refractivity contribution in [2.45, 2.75) is 28.2 Å². The van der Waals surface area contributed by atoms with E-state index in [1.54, 1.807) is 0 Å². The molecule has 0 aliphatic heterocycles. The van der Waals surface area contributed by atoms with Crippen LogP contribution < -0.4 is 0 Å². The molecule has 0 amide bonds. The van der Waals surface area contributed by atoms with Gasteiger partial charge in [0, 0.05) is 0 Å². The van der Waals surface area contributed by atoms with Crippen LogP contribution in [-0.2, 0) is 22.7 Å². The molecule has 0 radical (unpaired) electrons. The first-order valence-corrected chi connectivity index (χ1v) is 11.4. The summed E-state index contributed by atoms with van der Waals surface area (Å²) < 4.78 is 135. The van der Waals surface area contributed by atoms with Gasteiger partial charge in [-0.25, -0.2) is 8.42 Å². The Bertz CT molecular complexity index is 1280. The molecule has 0 saturated heterocycles. The van der Waals surface area contributed by atoms with Crippen molar-refractivity contribution >= 4 is 22.7 Å². The Labute approximate surface area is 204 Å². The number of halogens is 9. The summed E-state index contributed by atoms with van der Waals surface area (Å²) in [6, 6.07) is 27.5. The van der Waals surface area contributed by atoms with Crippen molar-refractivity contribution in [1.82, 2.24) is 0 Å². The number of alkyl halides is 9. The third-order valence-corrected chi connectivity index (χ3v) is 5.86. The highest BCUT2D eigenvalue weighted by Crippen LogP contribution is 2.54. The summed E-state index contributed by atoms with van der Waals surface area (Å²) in [4.78, 5) is 1.10. The number of benzene rings is 3. The fraction of sp³-hybridized carbons (Fsp3) is 0.182. The number of rotatable bonds is 5. The molecule has 0 fully saturated rings. The van der Waals surface area contributed by atoms with Gasteiger partial charge in [0.25, 0.3) is 0 Å². The molecule has 0 aromatic heterocycles. The Hall–Kier alpha value is -2.71. The number of hydrogen-bond donors (Lipinski definition) is 0. The first-order valence-electron chi connectivity index (χ1n) is 9.46. The minimum Gasteiger partial charge on any atom is -0.743 e. The highest BCUT2D eigenvalue weighted by Gasteiger charge is 2.83. The highest BCUT2D eigenvalue weighted by atomic mass is 32.2. The van der Waals surface area contributed by atoms with Crippen LogP contribution in [0, 0.1) is 0 Å². The molecule has 0 heterocycles. The smallest absolute Gasteiger partial charge is 0.460 e. The summed E-state index contributed by atoms with van der Waals surface area (Å²) in [5.74, 6) is -14.8. The molecule has 3 aromatic carbocycles. The molecule has 3 nitrogen and oxygen atoms in total. The van der Waals surface area contributed by atoms with Crippen LogP contribution in [0.5, 0.6) is 0 Å². The average molecular weight is 562 g/mol. The average Bonchev–Trinajstić information content (AvgIpc) is 2.79. The van der Waals surface area contributed by atoms with E-state index in [2.05, 4.69) is 85.4 Å². The molecular weight excluding hydrogens is 547 g/mol. The Morgan fingerprint density at radius 3 is 1.36 bits per heavy atom. The first-order chi connectivity index (χ1) is 16.3. The first kappa shape index (κ1) is 29.5. The minimum absolute atomic E-state index is 1.10. The van der Waals surface area contributed by atoms with Crippen molar-refractivity contribution in [2.24, 2.45) is 0 Å². The molecule has 0 unspecified atom stereocenters. The lowest BCUT2D eigenvalue weighted by molar-refractivity contribution is -0.382. The predicted molar refractivity (Wildman–Crippen MR) is 116 cm³/mol. The van der Waals surface area contributed by atoms with E-state index in [1.807, 2.05) is 6.07 Å². The van der Waals surface area contributed by atoms with Gasteiger partial charge in [-0.2, -0.15) is 39.5 Å². The zero-order valence-electron chi connectivity index (χ0n) is 17.5. The Kier molecular flexibility index (Phi) is 8.48. The summed E-state index contributed by atoms with van der Waals surface area (Å²) in [6.07, 6.45) is -7.16. The van der Waals surface area contributed by atoms with Gasteiger partial charge in [-0.3, -0.25) is 0 Å². The summed E-state index contributed by atoms with van der Waals surface area (Å²) in [6.45, 7) is 0. The van der Waals surface area contributed by atoms with Crippen molar-refractivity contribution in [3.8, 4) is 22.3 Å². The van der Waals surface area contributed by atoms with Crippen LogP contribution >= 0.6 is 0 Å². The lowest BCUT2D eigenvalue weighted by Gasteiger charge is -2.34. The van der Waals surface area contributed by atoms with Gasteiger partial charge < -0.3 is 4.55 Å². The van der Waals surface area contributed by atoms with Crippen LogP contribution in [0.25, 0.3) is 22.3 Å². The molecule has 3 rings (SSSR count). The zero-order chi connectivity index (χ0) is 27.6. The van der Waals surface area contributed by atoms with E-state index < -0.39 is 33.4 Å². The van der Waals surface area contributed by atoms with Crippen LogP contribution in [0.15, 0.2) is 83.8 Å². The third kappa shape index (κ3) is 5.81. The Balaban J connectivity index is 0.000000256. The van der Waals surface area contributed by atoms with Gasteiger partial charge >= 0.3 is 23.3 Å². The van der Waals surface area contributed by atoms with Crippen molar-refractivity contribution in [1.29, 1.82) is 0 Å². The SMILES string of the molecule is O=S(=O)([O-])C(F)(F)C(F)(F)C(F)(F)C(F)(F)F.[SH2+]c1ccc(-c2ccccc2-c2ccccc2)cc1. The summed E-state index contributed by atoms with van der Waals surface area (Å²) in [7, 11) is -7.42. The molecular formula is C22H15F9O3S2. The van der Waals surface area contributed by atoms with E-state index >= 15 is 0 Å². The van der Waals surface area contributed by atoms with Gasteiger partial charge in [-0.1, -0.05) is 54.6 Å². The lowest BCUT2D eigenvalue weighted by Crippen LogP contribution is -2.63. The minimum atomic E-state index is -7.43. The largest absolute Gasteiger partial charge is 0.743 e. The molecule has 14 heteroatoms. The van der Waals surface area contributed by atoms with E-state index in [4.69, 9.17) is 0 Å².